The molecule has 0 spiro atoms. The standard InChI is InChI=1S/C17H17NO5S/c1-10-6-3-4-9-14(10)24(21,22)18-17(20)16-11(2)15-12(19)7-5-8-13(15)23-16/h3-4,6,9H,5,7-8H2,1-2H3,(H,18,20). The number of carbonyl (C=O) groups excluding carboxylic acids is 2. The summed E-state index contributed by atoms with van der Waals surface area (Å²) in [4.78, 5) is 24.4. The number of furan rings is 1. The third-order valence-corrected chi connectivity index (χ3v) is 5.61. The van der Waals surface area contributed by atoms with Crippen LogP contribution in [0.2, 0.25) is 0 Å². The van der Waals surface area contributed by atoms with Crippen LogP contribution in [0, 0.1) is 13.8 Å². The Kier molecular flexibility index (Phi) is 4.04. The number of benzene rings is 1. The molecule has 0 atom stereocenters. The molecule has 24 heavy (non-hydrogen) atoms. The van der Waals surface area contributed by atoms with Gasteiger partial charge in [0.2, 0.25) is 0 Å². The molecule has 0 unspecified atom stereocenters. The summed E-state index contributed by atoms with van der Waals surface area (Å²) in [5.74, 6) is -0.592. The predicted octanol–water partition coefficient (Wildman–Crippen LogP) is 2.53. The summed E-state index contributed by atoms with van der Waals surface area (Å²) in [7, 11) is -4.01. The summed E-state index contributed by atoms with van der Waals surface area (Å²) in [6, 6.07) is 6.37. The number of carbonyl (C=O) groups is 2. The van der Waals surface area contributed by atoms with Crippen molar-refractivity contribution >= 4 is 21.7 Å². The van der Waals surface area contributed by atoms with E-state index in [0.29, 0.717) is 41.7 Å². The predicted molar refractivity (Wildman–Crippen MR) is 86.5 cm³/mol. The minimum atomic E-state index is -4.01. The lowest BCUT2D eigenvalue weighted by atomic mass is 9.94. The van der Waals surface area contributed by atoms with E-state index in [-0.39, 0.29) is 16.4 Å². The first-order valence-corrected chi connectivity index (χ1v) is 9.08. The van der Waals surface area contributed by atoms with Crippen molar-refractivity contribution in [2.24, 2.45) is 0 Å². The molecule has 7 heteroatoms. The number of nitrogens with one attached hydrogen (secondary N) is 1. The summed E-state index contributed by atoms with van der Waals surface area (Å²) in [6.45, 7) is 3.25. The molecule has 1 aliphatic rings. The molecule has 2 aromatic rings. The van der Waals surface area contributed by atoms with E-state index in [0.717, 1.165) is 0 Å². The molecule has 0 fully saturated rings. The van der Waals surface area contributed by atoms with Crippen molar-refractivity contribution in [3.05, 3.63) is 52.5 Å². The summed E-state index contributed by atoms with van der Waals surface area (Å²) in [6.07, 6.45) is 1.65. The molecule has 126 valence electrons. The maximum Gasteiger partial charge on any atom is 0.300 e. The number of rotatable bonds is 3. The molecule has 0 saturated carbocycles. The Hall–Kier alpha value is -2.41. The Labute approximate surface area is 139 Å². The monoisotopic (exact) mass is 347 g/mol. The van der Waals surface area contributed by atoms with Gasteiger partial charge in [0.25, 0.3) is 10.0 Å². The topological polar surface area (TPSA) is 93.4 Å². The fourth-order valence-electron chi connectivity index (χ4n) is 2.95. The molecule has 1 aliphatic carbocycles. The van der Waals surface area contributed by atoms with Crippen LogP contribution in [0.1, 0.15) is 50.6 Å². The summed E-state index contributed by atoms with van der Waals surface area (Å²) in [5, 5.41) is 0. The summed E-state index contributed by atoms with van der Waals surface area (Å²) in [5.41, 5.74) is 1.34. The lowest BCUT2D eigenvalue weighted by molar-refractivity contribution is 0.0944. The second kappa shape index (κ2) is 5.90. The number of amides is 1. The molecule has 1 amide bonds. The van der Waals surface area contributed by atoms with Crippen molar-refractivity contribution in [1.82, 2.24) is 4.72 Å². The fraction of sp³-hybridized carbons (Fsp3) is 0.294. The first-order valence-electron chi connectivity index (χ1n) is 7.59. The minimum absolute atomic E-state index is 0.0309. The molecular weight excluding hydrogens is 330 g/mol. The van der Waals surface area contributed by atoms with Gasteiger partial charge in [0.1, 0.15) is 5.76 Å². The minimum Gasteiger partial charge on any atom is -0.455 e. The van der Waals surface area contributed by atoms with E-state index in [2.05, 4.69) is 0 Å². The largest absolute Gasteiger partial charge is 0.455 e. The van der Waals surface area contributed by atoms with Gasteiger partial charge >= 0.3 is 5.91 Å². The second-order valence-corrected chi connectivity index (χ2v) is 7.48. The van der Waals surface area contributed by atoms with E-state index >= 15 is 0 Å². The molecule has 1 N–H and O–H groups in total. The van der Waals surface area contributed by atoms with Gasteiger partial charge in [-0.05, 0) is 31.9 Å². The highest BCUT2D eigenvalue weighted by Crippen LogP contribution is 2.29. The number of sulfonamides is 1. The Balaban J connectivity index is 1.94. The maximum atomic E-state index is 12.4. The van der Waals surface area contributed by atoms with Crippen LogP contribution >= 0.6 is 0 Å². The molecule has 0 aliphatic heterocycles. The van der Waals surface area contributed by atoms with Crippen LogP contribution in [0.25, 0.3) is 0 Å². The van der Waals surface area contributed by atoms with E-state index in [1.54, 1.807) is 32.0 Å². The van der Waals surface area contributed by atoms with E-state index in [1.807, 2.05) is 4.72 Å². The molecule has 1 aromatic carbocycles. The quantitative estimate of drug-likeness (QED) is 0.921. The van der Waals surface area contributed by atoms with Crippen molar-refractivity contribution in [2.75, 3.05) is 0 Å². The van der Waals surface area contributed by atoms with Gasteiger partial charge in [-0.25, -0.2) is 13.1 Å². The molecule has 0 bridgehead atoms. The van der Waals surface area contributed by atoms with Crippen LogP contribution in [0.5, 0.6) is 0 Å². The van der Waals surface area contributed by atoms with E-state index in [4.69, 9.17) is 4.42 Å². The average Bonchev–Trinajstić information content (AvgIpc) is 2.85. The highest BCUT2D eigenvalue weighted by molar-refractivity contribution is 7.90. The van der Waals surface area contributed by atoms with E-state index in [1.165, 1.54) is 6.07 Å². The Morgan fingerprint density at radius 3 is 2.54 bits per heavy atom. The number of Topliss-reactive ketones (excluding diaryl/α,β-unsaturated/α-hetero) is 1. The number of fused-ring (bicyclic) bond motifs is 1. The van der Waals surface area contributed by atoms with Gasteiger partial charge in [-0.2, -0.15) is 0 Å². The maximum absolute atomic E-state index is 12.4. The first kappa shape index (κ1) is 16.4. The zero-order valence-electron chi connectivity index (χ0n) is 13.4. The van der Waals surface area contributed by atoms with Gasteiger partial charge in [0.15, 0.2) is 11.5 Å². The van der Waals surface area contributed by atoms with Gasteiger partial charge in [0, 0.05) is 18.4 Å². The van der Waals surface area contributed by atoms with Gasteiger partial charge in [-0.1, -0.05) is 18.2 Å². The highest BCUT2D eigenvalue weighted by Gasteiger charge is 2.30. The zero-order valence-corrected chi connectivity index (χ0v) is 14.2. The second-order valence-electron chi connectivity index (χ2n) is 5.83. The molecular formula is C17H17NO5S. The van der Waals surface area contributed by atoms with Crippen LogP contribution in [0.4, 0.5) is 0 Å². The molecule has 0 radical (unpaired) electrons. The van der Waals surface area contributed by atoms with Crippen LogP contribution in [-0.4, -0.2) is 20.1 Å². The lowest BCUT2D eigenvalue weighted by Gasteiger charge is -2.08. The van der Waals surface area contributed by atoms with Crippen molar-refractivity contribution in [3.8, 4) is 0 Å². The molecule has 3 rings (SSSR count). The average molecular weight is 347 g/mol. The van der Waals surface area contributed by atoms with E-state index in [9.17, 15) is 18.0 Å². The van der Waals surface area contributed by atoms with Gasteiger partial charge in [0.05, 0.1) is 10.5 Å². The number of hydrogen-bond donors (Lipinski definition) is 1. The van der Waals surface area contributed by atoms with Gasteiger partial charge in [-0.3, -0.25) is 9.59 Å². The highest BCUT2D eigenvalue weighted by atomic mass is 32.2. The van der Waals surface area contributed by atoms with Crippen molar-refractivity contribution in [2.45, 2.75) is 38.0 Å². The van der Waals surface area contributed by atoms with Crippen LogP contribution in [-0.2, 0) is 16.4 Å². The fourth-order valence-corrected chi connectivity index (χ4v) is 4.14. The lowest BCUT2D eigenvalue weighted by Crippen LogP contribution is -2.31. The van der Waals surface area contributed by atoms with Gasteiger partial charge < -0.3 is 4.42 Å². The van der Waals surface area contributed by atoms with Crippen molar-refractivity contribution in [1.29, 1.82) is 0 Å². The summed E-state index contributed by atoms with van der Waals surface area (Å²) < 4.78 is 32.3. The van der Waals surface area contributed by atoms with Gasteiger partial charge in [-0.15, -0.1) is 0 Å². The normalized spacial score (nSPS) is 14.3. The van der Waals surface area contributed by atoms with Crippen LogP contribution in [0.15, 0.2) is 33.6 Å². The Bertz CT molecular complexity index is 940. The van der Waals surface area contributed by atoms with Crippen LogP contribution in [0.3, 0.4) is 0 Å². The summed E-state index contributed by atoms with van der Waals surface area (Å²) >= 11 is 0. The van der Waals surface area contributed by atoms with Crippen LogP contribution < -0.4 is 4.72 Å². The number of aryl methyl sites for hydroxylation is 2. The third-order valence-electron chi connectivity index (χ3n) is 4.12. The molecule has 0 saturated heterocycles. The van der Waals surface area contributed by atoms with Crippen molar-refractivity contribution < 1.29 is 22.4 Å². The SMILES string of the molecule is Cc1ccccc1S(=O)(=O)NC(=O)c1oc2c(c1C)C(=O)CCC2. The molecule has 1 aromatic heterocycles. The zero-order chi connectivity index (χ0) is 17.5. The van der Waals surface area contributed by atoms with Crippen molar-refractivity contribution in [3.63, 3.8) is 0 Å². The Morgan fingerprint density at radius 2 is 1.88 bits per heavy atom. The smallest absolute Gasteiger partial charge is 0.300 e. The number of hydrogen-bond acceptors (Lipinski definition) is 5. The third kappa shape index (κ3) is 2.75. The molecule has 6 nitrogen and oxygen atoms in total. The first-order chi connectivity index (χ1) is 11.3. The Morgan fingerprint density at radius 1 is 1.17 bits per heavy atom. The van der Waals surface area contributed by atoms with E-state index < -0.39 is 15.9 Å². The molecule has 1 heterocycles. The number of ketones is 1.